The number of carboxylic acids is 1. The summed E-state index contributed by atoms with van der Waals surface area (Å²) in [7, 11) is 0. The fourth-order valence-corrected chi connectivity index (χ4v) is 2.11. The molecule has 0 aliphatic carbocycles. The number of carboxylic acid groups (broad SMARTS) is 1. The van der Waals surface area contributed by atoms with E-state index in [-0.39, 0.29) is 4.47 Å². The Bertz CT molecular complexity index is 377. The van der Waals surface area contributed by atoms with Crippen LogP contribution in [0.15, 0.2) is 16.6 Å². The predicted octanol–water partition coefficient (Wildman–Crippen LogP) is 3.08. The number of rotatable bonds is 2. The Morgan fingerprint density at radius 1 is 1.57 bits per heavy atom. The Morgan fingerprint density at radius 3 is 2.64 bits per heavy atom. The van der Waals surface area contributed by atoms with Gasteiger partial charge in [-0.15, -0.1) is 0 Å². The second-order valence-corrected chi connectivity index (χ2v) is 3.94. The molecule has 76 valence electrons. The van der Waals surface area contributed by atoms with Gasteiger partial charge in [-0.3, -0.25) is 4.79 Å². The Labute approximate surface area is 89.9 Å². The lowest BCUT2D eigenvalue weighted by molar-refractivity contribution is -0.138. The normalized spacial score (nSPS) is 12.6. The van der Waals surface area contributed by atoms with Gasteiger partial charge in [0.2, 0.25) is 0 Å². The number of hydrogen-bond donors (Lipinski definition) is 1. The third kappa shape index (κ3) is 1.95. The summed E-state index contributed by atoms with van der Waals surface area (Å²) in [4.78, 5) is 10.8. The van der Waals surface area contributed by atoms with Crippen molar-refractivity contribution in [3.05, 3.63) is 33.5 Å². The van der Waals surface area contributed by atoms with Crippen molar-refractivity contribution in [2.45, 2.75) is 19.8 Å². The van der Waals surface area contributed by atoms with Crippen LogP contribution in [-0.4, -0.2) is 11.1 Å². The van der Waals surface area contributed by atoms with Gasteiger partial charge in [-0.25, -0.2) is 4.39 Å². The Morgan fingerprint density at radius 2 is 2.14 bits per heavy atom. The van der Waals surface area contributed by atoms with Crippen LogP contribution in [0.5, 0.6) is 0 Å². The highest BCUT2D eigenvalue weighted by Crippen LogP contribution is 2.30. The van der Waals surface area contributed by atoms with Crippen molar-refractivity contribution >= 4 is 21.9 Å². The fraction of sp³-hybridized carbons (Fsp3) is 0.300. The van der Waals surface area contributed by atoms with Crippen molar-refractivity contribution in [1.29, 1.82) is 0 Å². The standard InChI is InChI=1S/C10H10BrFO2/c1-5-3-4-7(12)9(11)8(5)6(2)10(13)14/h3-4,6H,1-2H3,(H,13,14). The molecule has 0 heterocycles. The first-order chi connectivity index (χ1) is 6.45. The lowest BCUT2D eigenvalue weighted by Crippen LogP contribution is -2.10. The summed E-state index contributed by atoms with van der Waals surface area (Å²) >= 11 is 3.06. The number of carbonyl (C=O) groups is 1. The molecular formula is C10H10BrFO2. The minimum atomic E-state index is -0.959. The van der Waals surface area contributed by atoms with E-state index in [1.165, 1.54) is 13.0 Å². The van der Waals surface area contributed by atoms with Crippen LogP contribution in [0, 0.1) is 12.7 Å². The molecule has 1 aromatic rings. The van der Waals surface area contributed by atoms with Crippen molar-refractivity contribution in [3.63, 3.8) is 0 Å². The lowest BCUT2D eigenvalue weighted by Gasteiger charge is -2.12. The molecule has 1 atom stereocenters. The second-order valence-electron chi connectivity index (χ2n) is 3.15. The van der Waals surface area contributed by atoms with E-state index in [2.05, 4.69) is 15.9 Å². The molecule has 2 nitrogen and oxygen atoms in total. The summed E-state index contributed by atoms with van der Waals surface area (Å²) in [5.41, 5.74) is 1.27. The molecule has 0 aromatic heterocycles. The summed E-state index contributed by atoms with van der Waals surface area (Å²) in [6.45, 7) is 3.30. The van der Waals surface area contributed by atoms with Crippen LogP contribution >= 0.6 is 15.9 Å². The zero-order valence-corrected chi connectivity index (χ0v) is 9.43. The first kappa shape index (κ1) is 11.2. The van der Waals surface area contributed by atoms with Gasteiger partial charge in [0.15, 0.2) is 0 Å². The Hall–Kier alpha value is -0.900. The van der Waals surface area contributed by atoms with E-state index in [1.54, 1.807) is 13.0 Å². The van der Waals surface area contributed by atoms with Crippen molar-refractivity contribution in [2.24, 2.45) is 0 Å². The van der Waals surface area contributed by atoms with Crippen molar-refractivity contribution in [2.75, 3.05) is 0 Å². The fourth-order valence-electron chi connectivity index (χ4n) is 1.32. The molecule has 0 amide bonds. The largest absolute Gasteiger partial charge is 0.481 e. The van der Waals surface area contributed by atoms with Crippen LogP contribution in [0.25, 0.3) is 0 Å². The highest BCUT2D eigenvalue weighted by molar-refractivity contribution is 9.10. The van der Waals surface area contributed by atoms with E-state index in [1.807, 2.05) is 0 Å². The molecule has 0 aliphatic heterocycles. The molecule has 0 radical (unpaired) electrons. The van der Waals surface area contributed by atoms with E-state index in [0.29, 0.717) is 5.56 Å². The Kier molecular flexibility index (Phi) is 3.26. The smallest absolute Gasteiger partial charge is 0.310 e. The predicted molar refractivity (Wildman–Crippen MR) is 54.9 cm³/mol. The van der Waals surface area contributed by atoms with Crippen molar-refractivity contribution < 1.29 is 14.3 Å². The molecule has 0 aliphatic rings. The molecule has 1 rings (SSSR count). The molecule has 0 fully saturated rings. The van der Waals surface area contributed by atoms with E-state index in [0.717, 1.165) is 5.56 Å². The SMILES string of the molecule is Cc1ccc(F)c(Br)c1C(C)C(=O)O. The Balaban J connectivity index is 3.32. The van der Waals surface area contributed by atoms with E-state index >= 15 is 0 Å². The molecule has 4 heteroatoms. The van der Waals surface area contributed by atoms with Crippen LogP contribution in [0.2, 0.25) is 0 Å². The second kappa shape index (κ2) is 4.09. The maximum atomic E-state index is 13.1. The molecule has 14 heavy (non-hydrogen) atoms. The summed E-state index contributed by atoms with van der Waals surface area (Å²) in [5.74, 6) is -2.10. The number of aryl methyl sites for hydroxylation is 1. The highest BCUT2D eigenvalue weighted by atomic mass is 79.9. The number of benzene rings is 1. The lowest BCUT2D eigenvalue weighted by atomic mass is 9.96. The molecule has 1 unspecified atom stereocenters. The first-order valence-corrected chi connectivity index (χ1v) is 4.91. The van der Waals surface area contributed by atoms with Crippen LogP contribution < -0.4 is 0 Å². The first-order valence-electron chi connectivity index (χ1n) is 4.12. The summed E-state index contributed by atoms with van der Waals surface area (Å²) in [5, 5.41) is 8.83. The third-order valence-electron chi connectivity index (χ3n) is 2.15. The van der Waals surface area contributed by atoms with E-state index < -0.39 is 17.7 Å². The maximum Gasteiger partial charge on any atom is 0.310 e. The minimum absolute atomic E-state index is 0.243. The molecule has 0 spiro atoms. The van der Waals surface area contributed by atoms with Crippen LogP contribution in [0.1, 0.15) is 24.0 Å². The van der Waals surface area contributed by atoms with Gasteiger partial charge in [-0.2, -0.15) is 0 Å². The zero-order chi connectivity index (χ0) is 10.9. The van der Waals surface area contributed by atoms with Crippen LogP contribution in [0.4, 0.5) is 4.39 Å². The quantitative estimate of drug-likeness (QED) is 0.888. The van der Waals surface area contributed by atoms with Gasteiger partial charge in [0.1, 0.15) is 5.82 Å². The average Bonchev–Trinajstić information content (AvgIpc) is 2.12. The molecular weight excluding hydrogens is 251 g/mol. The molecule has 0 bridgehead atoms. The topological polar surface area (TPSA) is 37.3 Å². The van der Waals surface area contributed by atoms with Crippen LogP contribution in [0.3, 0.4) is 0 Å². The van der Waals surface area contributed by atoms with Crippen LogP contribution in [-0.2, 0) is 4.79 Å². The van der Waals surface area contributed by atoms with Gasteiger partial charge < -0.3 is 5.11 Å². The summed E-state index contributed by atoms with van der Waals surface area (Å²) < 4.78 is 13.4. The number of aliphatic carboxylic acids is 1. The molecule has 1 aromatic carbocycles. The molecule has 0 saturated heterocycles. The third-order valence-corrected chi connectivity index (χ3v) is 2.96. The summed E-state index contributed by atoms with van der Waals surface area (Å²) in [6.07, 6.45) is 0. The molecule has 1 N–H and O–H groups in total. The van der Waals surface area contributed by atoms with Crippen molar-refractivity contribution in [1.82, 2.24) is 0 Å². The molecule has 0 saturated carbocycles. The van der Waals surface area contributed by atoms with Gasteiger partial charge in [-0.05, 0) is 47.0 Å². The van der Waals surface area contributed by atoms with Gasteiger partial charge in [-0.1, -0.05) is 6.07 Å². The van der Waals surface area contributed by atoms with Gasteiger partial charge in [0, 0.05) is 0 Å². The average molecular weight is 261 g/mol. The maximum absolute atomic E-state index is 13.1. The minimum Gasteiger partial charge on any atom is -0.481 e. The van der Waals surface area contributed by atoms with Gasteiger partial charge in [0.05, 0.1) is 10.4 Å². The van der Waals surface area contributed by atoms with Gasteiger partial charge in [0.25, 0.3) is 0 Å². The zero-order valence-electron chi connectivity index (χ0n) is 7.84. The highest BCUT2D eigenvalue weighted by Gasteiger charge is 2.20. The van der Waals surface area contributed by atoms with Gasteiger partial charge >= 0.3 is 5.97 Å². The van der Waals surface area contributed by atoms with E-state index in [9.17, 15) is 9.18 Å². The number of halogens is 2. The number of hydrogen-bond acceptors (Lipinski definition) is 1. The van der Waals surface area contributed by atoms with Crippen molar-refractivity contribution in [3.8, 4) is 0 Å². The monoisotopic (exact) mass is 260 g/mol. The van der Waals surface area contributed by atoms with E-state index in [4.69, 9.17) is 5.11 Å². The summed E-state index contributed by atoms with van der Waals surface area (Å²) in [6, 6.07) is 2.90.